The first kappa shape index (κ1) is 33.2. The minimum atomic E-state index is -1.41. The van der Waals surface area contributed by atoms with Crippen molar-refractivity contribution in [3.05, 3.63) is 83.9 Å². The molecule has 0 radical (unpaired) electrons. The molecule has 0 saturated carbocycles. The number of nitrogens with two attached hydrogens (primary N) is 1. The number of nitrogens with one attached hydrogen (secondary N) is 4. The van der Waals surface area contributed by atoms with E-state index in [-0.39, 0.29) is 25.2 Å². The molecule has 44 heavy (non-hydrogen) atoms. The van der Waals surface area contributed by atoms with Crippen molar-refractivity contribution in [3.63, 3.8) is 0 Å². The Labute approximate surface area is 254 Å². The van der Waals surface area contributed by atoms with Crippen LogP contribution in [0.2, 0.25) is 0 Å². The van der Waals surface area contributed by atoms with Crippen molar-refractivity contribution in [1.29, 1.82) is 0 Å². The molecule has 3 aromatic rings. The summed E-state index contributed by atoms with van der Waals surface area (Å²) in [6, 6.07) is 18.3. The number of ketones is 1. The number of carboxylic acid groups (broad SMARTS) is 1. The molecule has 0 spiro atoms. The van der Waals surface area contributed by atoms with E-state index in [1.54, 1.807) is 44.2 Å². The van der Waals surface area contributed by atoms with Gasteiger partial charge in [-0.3, -0.25) is 24.0 Å². The lowest BCUT2D eigenvalue weighted by atomic mass is 9.99. The summed E-state index contributed by atoms with van der Waals surface area (Å²) in [6.45, 7) is 2.98. The molecule has 0 aliphatic carbocycles. The maximum atomic E-state index is 13.2. The van der Waals surface area contributed by atoms with Gasteiger partial charge in [0.1, 0.15) is 18.1 Å². The zero-order valence-electron chi connectivity index (χ0n) is 24.5. The topological polar surface area (TPSA) is 197 Å². The number of primary amides is 1. The van der Waals surface area contributed by atoms with E-state index in [1.165, 1.54) is 0 Å². The van der Waals surface area contributed by atoms with E-state index in [0.29, 0.717) is 5.56 Å². The van der Waals surface area contributed by atoms with E-state index in [1.807, 2.05) is 42.5 Å². The highest BCUT2D eigenvalue weighted by molar-refractivity contribution is 6.38. The van der Waals surface area contributed by atoms with E-state index in [9.17, 15) is 28.8 Å². The zero-order chi connectivity index (χ0) is 32.2. The number of rotatable bonds is 15. The summed E-state index contributed by atoms with van der Waals surface area (Å²) in [5.74, 6) is -4.51. The van der Waals surface area contributed by atoms with Crippen LogP contribution in [0.3, 0.4) is 0 Å². The molecular weight excluding hydrogens is 566 g/mol. The van der Waals surface area contributed by atoms with Crippen molar-refractivity contribution in [2.45, 2.75) is 51.2 Å². The second kappa shape index (κ2) is 15.8. The molecule has 7 N–H and O–H groups in total. The summed E-state index contributed by atoms with van der Waals surface area (Å²) in [5.41, 5.74) is 6.92. The minimum Gasteiger partial charge on any atom is -0.465 e. The van der Waals surface area contributed by atoms with Gasteiger partial charge in [0.05, 0.1) is 6.54 Å². The molecule has 0 bridgehead atoms. The average Bonchev–Trinajstić information content (AvgIpc) is 2.98. The Morgan fingerprint density at radius 1 is 0.727 bits per heavy atom. The first-order valence-electron chi connectivity index (χ1n) is 14.1. The zero-order valence-corrected chi connectivity index (χ0v) is 24.5. The monoisotopic (exact) mass is 603 g/mol. The van der Waals surface area contributed by atoms with Crippen molar-refractivity contribution in [2.75, 3.05) is 6.54 Å². The number of fused-ring (bicyclic) bond motifs is 1. The first-order chi connectivity index (χ1) is 20.9. The molecule has 0 saturated heterocycles. The third-order valence-corrected chi connectivity index (χ3v) is 6.80. The van der Waals surface area contributed by atoms with E-state index < -0.39 is 60.2 Å². The number of carbonyl (C=O) groups excluding carboxylic acids is 5. The molecule has 12 heteroatoms. The summed E-state index contributed by atoms with van der Waals surface area (Å²) in [5, 5.41) is 20.5. The summed E-state index contributed by atoms with van der Waals surface area (Å²) >= 11 is 0. The molecule has 5 amide bonds. The van der Waals surface area contributed by atoms with Gasteiger partial charge in [-0.1, -0.05) is 86.6 Å². The van der Waals surface area contributed by atoms with E-state index >= 15 is 0 Å². The summed E-state index contributed by atoms with van der Waals surface area (Å²) < 4.78 is 0. The van der Waals surface area contributed by atoms with Gasteiger partial charge in [-0.25, -0.2) is 4.79 Å². The third kappa shape index (κ3) is 10.2. The second-order valence-corrected chi connectivity index (χ2v) is 10.8. The Bertz CT molecular complexity index is 1510. The van der Waals surface area contributed by atoms with Gasteiger partial charge in [0.25, 0.3) is 5.91 Å². The van der Waals surface area contributed by atoms with Gasteiger partial charge in [0, 0.05) is 12.8 Å². The van der Waals surface area contributed by atoms with Crippen molar-refractivity contribution >= 4 is 46.3 Å². The third-order valence-electron chi connectivity index (χ3n) is 6.80. The summed E-state index contributed by atoms with van der Waals surface area (Å²) in [6.07, 6.45) is -1.18. The molecule has 232 valence electrons. The van der Waals surface area contributed by atoms with E-state index in [0.717, 1.165) is 16.3 Å². The second-order valence-electron chi connectivity index (χ2n) is 10.8. The lowest BCUT2D eigenvalue weighted by molar-refractivity contribution is -0.140. The molecule has 12 nitrogen and oxygen atoms in total. The van der Waals surface area contributed by atoms with Gasteiger partial charge in [-0.05, 0) is 34.2 Å². The van der Waals surface area contributed by atoms with Crippen LogP contribution in [0.4, 0.5) is 4.79 Å². The van der Waals surface area contributed by atoms with Crippen molar-refractivity contribution < 1.29 is 33.9 Å². The fourth-order valence-corrected chi connectivity index (χ4v) is 4.66. The number of hydrogen-bond donors (Lipinski definition) is 6. The lowest BCUT2D eigenvalue weighted by Gasteiger charge is -2.23. The number of benzene rings is 3. The largest absolute Gasteiger partial charge is 0.465 e. The van der Waals surface area contributed by atoms with Crippen LogP contribution in [0.25, 0.3) is 10.8 Å². The van der Waals surface area contributed by atoms with Crippen molar-refractivity contribution in [2.24, 2.45) is 11.7 Å². The number of carbonyl (C=O) groups is 6. The number of amides is 5. The smallest absolute Gasteiger partial charge is 0.405 e. The van der Waals surface area contributed by atoms with Crippen molar-refractivity contribution in [1.82, 2.24) is 21.3 Å². The van der Waals surface area contributed by atoms with Gasteiger partial charge in [0.2, 0.25) is 23.5 Å². The lowest BCUT2D eigenvalue weighted by Crippen LogP contribution is -2.55. The van der Waals surface area contributed by atoms with Crippen LogP contribution in [0.1, 0.15) is 31.4 Å². The van der Waals surface area contributed by atoms with Gasteiger partial charge in [-0.15, -0.1) is 0 Å². The predicted octanol–water partition coefficient (Wildman–Crippen LogP) is 1.45. The minimum absolute atomic E-state index is 0.0480. The van der Waals surface area contributed by atoms with Gasteiger partial charge < -0.3 is 32.1 Å². The van der Waals surface area contributed by atoms with E-state index in [4.69, 9.17) is 10.8 Å². The molecule has 0 fully saturated rings. The fraction of sp³-hybridized carbons (Fsp3) is 0.312. The Balaban J connectivity index is 1.65. The quantitative estimate of drug-likeness (QED) is 0.141. The molecule has 0 aliphatic heterocycles. The number of Topliss-reactive ketones (excluding diaryl/α,β-unsaturated/α-hetero) is 1. The summed E-state index contributed by atoms with van der Waals surface area (Å²) in [4.78, 5) is 75.0. The SMILES string of the molecule is CC(C)C[C@H](NC(=O)O)C(=O)NC(Cc1ccccc1)C(=O)C(=O)NCC(=O)NC(Cc1ccc2ccccc2c1)C(N)=O. The average molecular weight is 604 g/mol. The Kier molecular flexibility index (Phi) is 12.0. The van der Waals surface area contributed by atoms with Gasteiger partial charge in [0.15, 0.2) is 0 Å². The predicted molar refractivity (Wildman–Crippen MR) is 163 cm³/mol. The summed E-state index contributed by atoms with van der Waals surface area (Å²) in [7, 11) is 0. The molecule has 0 aliphatic rings. The first-order valence-corrected chi connectivity index (χ1v) is 14.1. The molecule has 0 heterocycles. The maximum absolute atomic E-state index is 13.2. The molecule has 3 aromatic carbocycles. The van der Waals surface area contributed by atoms with Gasteiger partial charge >= 0.3 is 6.09 Å². The molecule has 3 atom stereocenters. The standard InChI is InChI=1S/C32H37N5O7/c1-19(2)14-26(37-32(43)44)30(41)36-24(16-20-8-4-3-5-9-20)28(39)31(42)34-18-27(38)35-25(29(33)40)17-21-12-13-22-10-6-7-11-23(22)15-21/h3-13,15,19,24-26,37H,14,16-18H2,1-2H3,(H2,33,40)(H,34,42)(H,35,38)(H,36,41)(H,43,44)/t24?,25?,26-/m0/s1. The van der Waals surface area contributed by atoms with Crippen molar-refractivity contribution in [3.8, 4) is 0 Å². The van der Waals surface area contributed by atoms with Crippen LogP contribution in [-0.2, 0) is 36.8 Å². The Morgan fingerprint density at radius 3 is 2.00 bits per heavy atom. The van der Waals surface area contributed by atoms with E-state index in [2.05, 4.69) is 21.3 Å². The highest BCUT2D eigenvalue weighted by atomic mass is 16.4. The highest BCUT2D eigenvalue weighted by Gasteiger charge is 2.31. The molecule has 0 aromatic heterocycles. The Hall–Kier alpha value is -5.26. The maximum Gasteiger partial charge on any atom is 0.405 e. The molecule has 3 rings (SSSR count). The van der Waals surface area contributed by atoms with Crippen LogP contribution in [0, 0.1) is 5.92 Å². The normalized spacial score (nSPS) is 12.9. The number of hydrogen-bond acceptors (Lipinski definition) is 6. The molecule has 2 unspecified atom stereocenters. The Morgan fingerprint density at radius 2 is 1.36 bits per heavy atom. The van der Waals surface area contributed by atoms with Crippen LogP contribution < -0.4 is 27.0 Å². The van der Waals surface area contributed by atoms with Crippen LogP contribution in [0.15, 0.2) is 72.8 Å². The van der Waals surface area contributed by atoms with Crippen LogP contribution >= 0.6 is 0 Å². The highest BCUT2D eigenvalue weighted by Crippen LogP contribution is 2.17. The van der Waals surface area contributed by atoms with Crippen LogP contribution in [-0.4, -0.2) is 65.3 Å². The van der Waals surface area contributed by atoms with Gasteiger partial charge in [-0.2, -0.15) is 0 Å². The molecular formula is C32H37N5O7. The fourth-order valence-electron chi connectivity index (χ4n) is 4.66. The van der Waals surface area contributed by atoms with Crippen LogP contribution in [0.5, 0.6) is 0 Å².